The van der Waals surface area contributed by atoms with Gasteiger partial charge in [-0.3, -0.25) is 0 Å². The zero-order valence-electron chi connectivity index (χ0n) is 12.5. The Morgan fingerprint density at radius 2 is 1.70 bits per heavy atom. The maximum atomic E-state index is 12.7. The van der Waals surface area contributed by atoms with E-state index in [4.69, 9.17) is 0 Å². The van der Waals surface area contributed by atoms with Crippen LogP contribution in [0.2, 0.25) is 0 Å². The van der Waals surface area contributed by atoms with Gasteiger partial charge in [-0.15, -0.1) is 0 Å². The summed E-state index contributed by atoms with van der Waals surface area (Å²) in [5.74, 6) is 0.320. The third-order valence-electron chi connectivity index (χ3n) is 5.04. The summed E-state index contributed by atoms with van der Waals surface area (Å²) in [6.07, 6.45) is 4.43. The molecule has 2 fully saturated rings. The molecule has 0 radical (unpaired) electrons. The van der Waals surface area contributed by atoms with Crippen molar-refractivity contribution < 1.29 is 13.2 Å². The van der Waals surface area contributed by atoms with E-state index in [0.29, 0.717) is 24.8 Å². The van der Waals surface area contributed by atoms with Crippen molar-refractivity contribution in [2.45, 2.75) is 76.9 Å². The van der Waals surface area contributed by atoms with Crippen LogP contribution in [-0.4, -0.2) is 18.8 Å². The highest BCUT2D eigenvalue weighted by Crippen LogP contribution is 2.42. The molecule has 0 heterocycles. The van der Waals surface area contributed by atoms with E-state index in [0.717, 1.165) is 38.1 Å². The predicted molar refractivity (Wildman–Crippen MR) is 75.5 cm³/mol. The van der Waals surface area contributed by atoms with Gasteiger partial charge in [-0.05, 0) is 63.3 Å². The van der Waals surface area contributed by atoms with Gasteiger partial charge in [0.05, 0.1) is 5.92 Å². The number of alkyl halides is 3. The molecule has 4 heteroatoms. The first kappa shape index (κ1) is 16.1. The van der Waals surface area contributed by atoms with Crippen molar-refractivity contribution in [3.8, 4) is 0 Å². The molecule has 1 N–H and O–H groups in total. The fourth-order valence-electron chi connectivity index (χ4n) is 3.50. The Kier molecular flexibility index (Phi) is 5.76. The minimum absolute atomic E-state index is 0.335. The predicted octanol–water partition coefficient (Wildman–Crippen LogP) is 4.91. The van der Waals surface area contributed by atoms with Crippen LogP contribution < -0.4 is 5.32 Å². The average Bonchev–Trinajstić information content (AvgIpc) is 3.22. The molecule has 1 nitrogen and oxygen atoms in total. The van der Waals surface area contributed by atoms with Gasteiger partial charge in [0.2, 0.25) is 0 Å². The van der Waals surface area contributed by atoms with E-state index in [1.54, 1.807) is 0 Å². The summed E-state index contributed by atoms with van der Waals surface area (Å²) >= 11 is 0. The second-order valence-corrected chi connectivity index (χ2v) is 6.73. The molecule has 2 aliphatic rings. The molecule has 2 rings (SSSR count). The van der Waals surface area contributed by atoms with Gasteiger partial charge in [0.15, 0.2) is 0 Å². The Hall–Kier alpha value is -0.250. The zero-order valence-corrected chi connectivity index (χ0v) is 12.5. The van der Waals surface area contributed by atoms with E-state index in [1.807, 2.05) is 0 Å². The molecule has 0 saturated heterocycles. The average molecular weight is 291 g/mol. The molecule has 0 spiro atoms. The van der Waals surface area contributed by atoms with Crippen molar-refractivity contribution in [2.24, 2.45) is 17.8 Å². The fraction of sp³-hybridized carbons (Fsp3) is 1.00. The zero-order chi connectivity index (χ0) is 14.6. The maximum absolute atomic E-state index is 12.7. The highest BCUT2D eigenvalue weighted by atomic mass is 19.4. The molecule has 2 saturated carbocycles. The SMILES string of the molecule is CCCNC(CCC1CC1)C1CCC(C(F)(F)F)CC1. The van der Waals surface area contributed by atoms with Crippen LogP contribution in [0.4, 0.5) is 13.2 Å². The smallest absolute Gasteiger partial charge is 0.314 e. The fourth-order valence-corrected chi connectivity index (χ4v) is 3.50. The van der Waals surface area contributed by atoms with Crippen molar-refractivity contribution in [3.05, 3.63) is 0 Å². The molecular formula is C16H28F3N. The Balaban J connectivity index is 1.79. The number of hydrogen-bond donors (Lipinski definition) is 1. The molecule has 0 amide bonds. The molecule has 118 valence electrons. The monoisotopic (exact) mass is 291 g/mol. The lowest BCUT2D eigenvalue weighted by molar-refractivity contribution is -0.184. The number of hydrogen-bond acceptors (Lipinski definition) is 1. The summed E-state index contributed by atoms with van der Waals surface area (Å²) in [4.78, 5) is 0. The van der Waals surface area contributed by atoms with Crippen molar-refractivity contribution >= 4 is 0 Å². The van der Waals surface area contributed by atoms with E-state index in [2.05, 4.69) is 12.2 Å². The standard InChI is InChI=1S/C16H28F3N/c1-2-11-20-15(10-5-12-3-4-12)13-6-8-14(9-7-13)16(17,18)19/h12-15,20H,2-11H2,1H3. The molecule has 0 aromatic heterocycles. The molecule has 0 aromatic rings. The van der Waals surface area contributed by atoms with E-state index < -0.39 is 12.1 Å². The van der Waals surface area contributed by atoms with Gasteiger partial charge in [0.1, 0.15) is 0 Å². The van der Waals surface area contributed by atoms with E-state index in [-0.39, 0.29) is 0 Å². The van der Waals surface area contributed by atoms with Crippen LogP contribution in [0, 0.1) is 17.8 Å². The van der Waals surface area contributed by atoms with Gasteiger partial charge >= 0.3 is 6.18 Å². The van der Waals surface area contributed by atoms with Crippen LogP contribution in [0.25, 0.3) is 0 Å². The van der Waals surface area contributed by atoms with Crippen LogP contribution in [0.15, 0.2) is 0 Å². The Labute approximate surface area is 120 Å². The number of nitrogens with one attached hydrogen (secondary N) is 1. The molecule has 2 aliphatic carbocycles. The lowest BCUT2D eigenvalue weighted by Gasteiger charge is -2.35. The Morgan fingerprint density at radius 3 is 2.20 bits per heavy atom. The van der Waals surface area contributed by atoms with Gasteiger partial charge in [-0.25, -0.2) is 0 Å². The highest BCUT2D eigenvalue weighted by Gasteiger charge is 2.42. The molecule has 0 aliphatic heterocycles. The Morgan fingerprint density at radius 1 is 1.05 bits per heavy atom. The second-order valence-electron chi connectivity index (χ2n) is 6.73. The van der Waals surface area contributed by atoms with Gasteiger partial charge in [-0.2, -0.15) is 13.2 Å². The van der Waals surface area contributed by atoms with E-state index >= 15 is 0 Å². The molecule has 0 aromatic carbocycles. The molecule has 20 heavy (non-hydrogen) atoms. The Bertz CT molecular complexity index is 278. The third-order valence-corrected chi connectivity index (χ3v) is 5.04. The minimum Gasteiger partial charge on any atom is -0.314 e. The van der Waals surface area contributed by atoms with Gasteiger partial charge in [0.25, 0.3) is 0 Å². The summed E-state index contributed by atoms with van der Waals surface area (Å²) in [6.45, 7) is 3.14. The van der Waals surface area contributed by atoms with Gasteiger partial charge < -0.3 is 5.32 Å². The van der Waals surface area contributed by atoms with Crippen molar-refractivity contribution in [2.75, 3.05) is 6.54 Å². The second kappa shape index (κ2) is 7.15. The molecular weight excluding hydrogens is 263 g/mol. The molecule has 1 unspecified atom stereocenters. The van der Waals surface area contributed by atoms with Crippen molar-refractivity contribution in [1.29, 1.82) is 0 Å². The lowest BCUT2D eigenvalue weighted by atomic mass is 9.77. The third kappa shape index (κ3) is 4.94. The number of rotatable bonds is 7. The van der Waals surface area contributed by atoms with Gasteiger partial charge in [-0.1, -0.05) is 19.8 Å². The summed E-state index contributed by atoms with van der Waals surface area (Å²) < 4.78 is 38.2. The van der Waals surface area contributed by atoms with Crippen molar-refractivity contribution in [1.82, 2.24) is 5.32 Å². The molecule has 0 bridgehead atoms. The number of halogens is 3. The van der Waals surface area contributed by atoms with Gasteiger partial charge in [0, 0.05) is 6.04 Å². The van der Waals surface area contributed by atoms with Crippen LogP contribution in [0.5, 0.6) is 0 Å². The normalized spacial score (nSPS) is 29.4. The first-order chi connectivity index (χ1) is 9.50. The van der Waals surface area contributed by atoms with Crippen LogP contribution in [0.1, 0.15) is 64.7 Å². The first-order valence-electron chi connectivity index (χ1n) is 8.30. The van der Waals surface area contributed by atoms with Crippen molar-refractivity contribution in [3.63, 3.8) is 0 Å². The summed E-state index contributed by atoms with van der Waals surface area (Å²) in [6, 6.07) is 0.449. The molecule has 1 atom stereocenters. The van der Waals surface area contributed by atoms with Crippen LogP contribution >= 0.6 is 0 Å². The minimum atomic E-state index is -3.98. The highest BCUT2D eigenvalue weighted by molar-refractivity contribution is 4.86. The quantitative estimate of drug-likeness (QED) is 0.702. The van der Waals surface area contributed by atoms with E-state index in [9.17, 15) is 13.2 Å². The summed E-state index contributed by atoms with van der Waals surface area (Å²) in [5.41, 5.74) is 0. The topological polar surface area (TPSA) is 12.0 Å². The lowest BCUT2D eigenvalue weighted by Crippen LogP contribution is -2.40. The van der Waals surface area contributed by atoms with Crippen LogP contribution in [0.3, 0.4) is 0 Å². The summed E-state index contributed by atoms with van der Waals surface area (Å²) in [7, 11) is 0. The van der Waals surface area contributed by atoms with Crippen LogP contribution in [-0.2, 0) is 0 Å². The van der Waals surface area contributed by atoms with E-state index in [1.165, 1.54) is 19.3 Å². The maximum Gasteiger partial charge on any atom is 0.391 e. The largest absolute Gasteiger partial charge is 0.391 e. The first-order valence-corrected chi connectivity index (χ1v) is 8.30. The summed E-state index contributed by atoms with van der Waals surface area (Å²) in [5, 5.41) is 3.59.